The van der Waals surface area contributed by atoms with Gasteiger partial charge in [0.1, 0.15) is 12.5 Å². The third-order valence-corrected chi connectivity index (χ3v) is 2.84. The van der Waals surface area contributed by atoms with Crippen LogP contribution in [0.15, 0.2) is 42.6 Å². The lowest BCUT2D eigenvalue weighted by molar-refractivity contribution is -0.389. The number of hydrogen-bond acceptors (Lipinski definition) is 2. The third-order valence-electron chi connectivity index (χ3n) is 2.57. The first-order valence-corrected chi connectivity index (χ1v) is 6.19. The number of pyridine rings is 1. The van der Waals surface area contributed by atoms with Gasteiger partial charge in [-0.25, -0.2) is 4.98 Å². The molecule has 3 nitrogen and oxygen atoms in total. The molecule has 0 aliphatic heterocycles. The number of methoxy groups -OCH3 is 1. The third kappa shape index (κ3) is 4.01. The van der Waals surface area contributed by atoms with Gasteiger partial charge in [-0.1, -0.05) is 30.3 Å². The molecular formula is C14H15Cl2NO2. The van der Waals surface area contributed by atoms with Crippen molar-refractivity contribution in [1.82, 2.24) is 0 Å². The Hall–Kier alpha value is -1.45. The monoisotopic (exact) mass is 299 g/mol. The Labute approximate surface area is 123 Å². The first kappa shape index (κ1) is 15.6. The number of nitrogens with one attached hydrogen (secondary N) is 1. The fourth-order valence-corrected chi connectivity index (χ4v) is 1.85. The maximum Gasteiger partial charge on any atom is 0.240 e. The van der Waals surface area contributed by atoms with Crippen LogP contribution < -0.4 is 26.9 Å². The van der Waals surface area contributed by atoms with Crippen molar-refractivity contribution < 1.29 is 26.9 Å². The highest BCUT2D eigenvalue weighted by atomic mass is 35.5. The van der Waals surface area contributed by atoms with Gasteiger partial charge >= 0.3 is 0 Å². The fraction of sp³-hybridized carbons (Fsp3) is 0.214. The molecule has 2 aromatic rings. The van der Waals surface area contributed by atoms with Gasteiger partial charge < -0.3 is 21.9 Å². The molecule has 0 radical (unpaired) electrons. The summed E-state index contributed by atoms with van der Waals surface area (Å²) in [5, 5.41) is 0. The molecule has 1 N–H and O–H groups in total. The zero-order chi connectivity index (χ0) is 12.8. The molecule has 0 saturated carbocycles. The molecule has 1 aromatic carbocycles. The topological polar surface area (TPSA) is 32.6 Å². The van der Waals surface area contributed by atoms with E-state index in [1.54, 1.807) is 13.3 Å². The van der Waals surface area contributed by atoms with Crippen LogP contribution in [0.1, 0.15) is 11.3 Å². The van der Waals surface area contributed by atoms with Gasteiger partial charge in [0.25, 0.3) is 0 Å². The van der Waals surface area contributed by atoms with Gasteiger partial charge in [-0.05, 0) is 5.56 Å². The molecule has 0 spiro atoms. The zero-order valence-corrected chi connectivity index (χ0v) is 12.0. The van der Waals surface area contributed by atoms with E-state index in [1.807, 2.05) is 36.4 Å². The van der Waals surface area contributed by atoms with Gasteiger partial charge in [0, 0.05) is 6.07 Å². The van der Waals surface area contributed by atoms with Gasteiger partial charge in [0.15, 0.2) is 11.9 Å². The maximum absolute atomic E-state index is 5.88. The smallest absolute Gasteiger partial charge is 0.240 e. The summed E-state index contributed by atoms with van der Waals surface area (Å²) in [6, 6.07) is 11.8. The number of alkyl halides is 1. The number of halogens is 2. The van der Waals surface area contributed by atoms with Crippen molar-refractivity contribution in [2.75, 3.05) is 7.11 Å². The molecule has 0 atom stereocenters. The second kappa shape index (κ2) is 7.87. The van der Waals surface area contributed by atoms with Crippen molar-refractivity contribution in [2.45, 2.75) is 12.5 Å². The van der Waals surface area contributed by atoms with E-state index in [9.17, 15) is 0 Å². The molecule has 1 heterocycles. The molecule has 0 aliphatic rings. The summed E-state index contributed by atoms with van der Waals surface area (Å²) in [4.78, 5) is 3.06. The van der Waals surface area contributed by atoms with E-state index in [2.05, 4.69) is 4.98 Å². The van der Waals surface area contributed by atoms with E-state index in [-0.39, 0.29) is 12.4 Å². The van der Waals surface area contributed by atoms with Crippen LogP contribution in [0.5, 0.6) is 11.5 Å². The first-order valence-electron chi connectivity index (χ1n) is 5.65. The number of hydrogen-bond donors (Lipinski definition) is 0. The Balaban J connectivity index is 0.00000180. The average molecular weight is 300 g/mol. The van der Waals surface area contributed by atoms with E-state index in [0.717, 1.165) is 11.3 Å². The van der Waals surface area contributed by atoms with Crippen molar-refractivity contribution in [3.05, 3.63) is 53.9 Å². The van der Waals surface area contributed by atoms with Crippen LogP contribution >= 0.6 is 11.6 Å². The van der Waals surface area contributed by atoms with Crippen molar-refractivity contribution in [2.24, 2.45) is 0 Å². The number of benzene rings is 1. The highest BCUT2D eigenvalue weighted by molar-refractivity contribution is 6.17. The fourth-order valence-electron chi connectivity index (χ4n) is 1.66. The summed E-state index contributed by atoms with van der Waals surface area (Å²) in [5.41, 5.74) is 1.91. The highest BCUT2D eigenvalue weighted by Crippen LogP contribution is 2.29. The predicted molar refractivity (Wildman–Crippen MR) is 69.9 cm³/mol. The van der Waals surface area contributed by atoms with Crippen LogP contribution in [0.4, 0.5) is 0 Å². The second-order valence-electron chi connectivity index (χ2n) is 3.76. The van der Waals surface area contributed by atoms with E-state index < -0.39 is 0 Å². The largest absolute Gasteiger partial charge is 1.00 e. The Bertz CT molecular complexity index is 484. The standard InChI is InChI=1S/C14H14ClNO2.ClH/c1-17-13-7-8-16-12(9-15)14(13)18-10-11-5-3-2-4-6-11;/h2-8H,9-10H2,1H3;1H. The lowest BCUT2D eigenvalue weighted by Gasteiger charge is -2.10. The molecule has 102 valence electrons. The maximum atomic E-state index is 5.88. The van der Waals surface area contributed by atoms with Crippen molar-refractivity contribution in [1.29, 1.82) is 0 Å². The summed E-state index contributed by atoms with van der Waals surface area (Å²) < 4.78 is 11.1. The molecule has 0 saturated heterocycles. The summed E-state index contributed by atoms with van der Waals surface area (Å²) in [7, 11) is 1.61. The zero-order valence-electron chi connectivity index (χ0n) is 10.5. The van der Waals surface area contributed by atoms with Gasteiger partial charge in [0.2, 0.25) is 11.4 Å². The van der Waals surface area contributed by atoms with Crippen LogP contribution in [0.3, 0.4) is 0 Å². The summed E-state index contributed by atoms with van der Waals surface area (Å²) in [6.45, 7) is 0.485. The lowest BCUT2D eigenvalue weighted by atomic mass is 10.2. The van der Waals surface area contributed by atoms with Crippen molar-refractivity contribution >= 4 is 11.6 Å². The van der Waals surface area contributed by atoms with Crippen LogP contribution in [0.2, 0.25) is 0 Å². The van der Waals surface area contributed by atoms with Gasteiger partial charge in [-0.2, -0.15) is 0 Å². The minimum atomic E-state index is 0. The Morgan fingerprint density at radius 2 is 1.89 bits per heavy atom. The van der Waals surface area contributed by atoms with Gasteiger partial charge in [0.05, 0.1) is 7.11 Å². The van der Waals surface area contributed by atoms with E-state index in [1.165, 1.54) is 0 Å². The van der Waals surface area contributed by atoms with Crippen molar-refractivity contribution in [3.8, 4) is 11.5 Å². The molecule has 0 bridgehead atoms. The SMILES string of the molecule is COc1cc[nH+]c(CCl)c1OCc1ccccc1.[Cl-]. The molecule has 0 unspecified atom stereocenters. The minimum absolute atomic E-state index is 0. The van der Waals surface area contributed by atoms with Gasteiger partial charge in [-0.15, -0.1) is 11.6 Å². The highest BCUT2D eigenvalue weighted by Gasteiger charge is 2.16. The molecule has 0 fully saturated rings. The number of aromatic amines is 1. The van der Waals surface area contributed by atoms with E-state index >= 15 is 0 Å². The van der Waals surface area contributed by atoms with Crippen LogP contribution in [-0.2, 0) is 12.5 Å². The number of ether oxygens (including phenoxy) is 2. The lowest BCUT2D eigenvalue weighted by Crippen LogP contribution is -3.00. The van der Waals surface area contributed by atoms with Gasteiger partial charge in [-0.3, -0.25) is 0 Å². The molecule has 2 rings (SSSR count). The first-order chi connectivity index (χ1) is 8.85. The average Bonchev–Trinajstić information content (AvgIpc) is 2.45. The molecule has 1 aromatic heterocycles. The van der Waals surface area contributed by atoms with Crippen LogP contribution in [-0.4, -0.2) is 7.11 Å². The number of aromatic nitrogens is 1. The number of rotatable bonds is 5. The Morgan fingerprint density at radius 1 is 1.16 bits per heavy atom. The molecule has 0 aliphatic carbocycles. The Morgan fingerprint density at radius 3 is 2.53 bits per heavy atom. The molecule has 0 amide bonds. The predicted octanol–water partition coefficient (Wildman–Crippen LogP) is -0.169. The second-order valence-corrected chi connectivity index (χ2v) is 4.03. The molecule has 5 heteroatoms. The Kier molecular flexibility index (Phi) is 6.46. The summed E-state index contributed by atoms with van der Waals surface area (Å²) in [5.74, 6) is 1.70. The quantitative estimate of drug-likeness (QED) is 0.718. The summed E-state index contributed by atoms with van der Waals surface area (Å²) >= 11 is 5.88. The minimum Gasteiger partial charge on any atom is -1.00 e. The van der Waals surface area contributed by atoms with Crippen LogP contribution in [0.25, 0.3) is 0 Å². The summed E-state index contributed by atoms with van der Waals surface area (Å²) in [6.07, 6.45) is 1.78. The van der Waals surface area contributed by atoms with Crippen molar-refractivity contribution in [3.63, 3.8) is 0 Å². The number of H-pyrrole nitrogens is 1. The normalized spacial score (nSPS) is 9.58. The van der Waals surface area contributed by atoms with E-state index in [0.29, 0.717) is 24.0 Å². The molecular weight excluding hydrogens is 285 g/mol. The molecule has 19 heavy (non-hydrogen) atoms. The van der Waals surface area contributed by atoms with Crippen LogP contribution in [0, 0.1) is 0 Å². The van der Waals surface area contributed by atoms with E-state index in [4.69, 9.17) is 21.1 Å².